The van der Waals surface area contributed by atoms with Gasteiger partial charge in [-0.2, -0.15) is 0 Å². The van der Waals surface area contributed by atoms with Crippen molar-refractivity contribution in [2.24, 2.45) is 0 Å². The lowest BCUT2D eigenvalue weighted by Gasteiger charge is -2.27. The van der Waals surface area contributed by atoms with Crippen molar-refractivity contribution in [1.29, 1.82) is 0 Å². The molecule has 0 atom stereocenters. The number of halogens is 2. The zero-order chi connectivity index (χ0) is 18.5. The number of anilines is 2. The Bertz CT molecular complexity index is 674. The molecule has 0 amide bonds. The molecule has 6 heteroatoms. The van der Waals surface area contributed by atoms with Gasteiger partial charge in [0.05, 0.1) is 34.8 Å². The molecule has 0 aliphatic carbocycles. The molecule has 1 aromatic carbocycles. The van der Waals surface area contributed by atoms with Crippen molar-refractivity contribution < 1.29 is 0 Å². The van der Waals surface area contributed by atoms with Crippen LogP contribution in [0.4, 0.5) is 11.4 Å². The molecule has 0 fully saturated rings. The van der Waals surface area contributed by atoms with E-state index < -0.39 is 0 Å². The van der Waals surface area contributed by atoms with E-state index in [2.05, 4.69) is 58.2 Å². The molecule has 3 rings (SSSR count). The third-order valence-electron chi connectivity index (χ3n) is 4.82. The highest BCUT2D eigenvalue weighted by molar-refractivity contribution is 6.41. The van der Waals surface area contributed by atoms with Gasteiger partial charge >= 0.3 is 0 Å². The van der Waals surface area contributed by atoms with Gasteiger partial charge in [0.15, 0.2) is 0 Å². The summed E-state index contributed by atoms with van der Waals surface area (Å²) in [6.45, 7) is 8.18. The number of benzene rings is 1. The molecule has 0 aromatic heterocycles. The number of nitrogens with zero attached hydrogens (tertiary/aromatic N) is 4. The highest BCUT2D eigenvalue weighted by atomic mass is 35.5. The summed E-state index contributed by atoms with van der Waals surface area (Å²) in [7, 11) is 0. The summed E-state index contributed by atoms with van der Waals surface area (Å²) in [6.07, 6.45) is 13.2. The van der Waals surface area contributed by atoms with Gasteiger partial charge in [0.2, 0.25) is 0 Å². The maximum atomic E-state index is 6.81. The first-order chi connectivity index (χ1) is 12.6. The van der Waals surface area contributed by atoms with Crippen LogP contribution >= 0.6 is 23.2 Å². The molecule has 1 aromatic rings. The van der Waals surface area contributed by atoms with Crippen LogP contribution in [-0.4, -0.2) is 36.2 Å². The number of rotatable bonds is 8. The van der Waals surface area contributed by atoms with Crippen molar-refractivity contribution in [2.45, 2.75) is 39.5 Å². The summed E-state index contributed by atoms with van der Waals surface area (Å²) in [5, 5.41) is 1.40. The highest BCUT2D eigenvalue weighted by Gasteiger charge is 2.24. The molecule has 0 saturated heterocycles. The predicted octanol–water partition coefficient (Wildman–Crippen LogP) is 5.70. The summed E-state index contributed by atoms with van der Waals surface area (Å²) >= 11 is 13.3. The molecule has 4 nitrogen and oxygen atoms in total. The first-order valence-electron chi connectivity index (χ1n) is 9.50. The third kappa shape index (κ3) is 4.24. The average Bonchev–Trinajstić information content (AvgIpc) is 3.28. The molecule has 0 spiro atoms. The molecule has 2 aliphatic rings. The van der Waals surface area contributed by atoms with Crippen LogP contribution in [0.15, 0.2) is 36.9 Å². The van der Waals surface area contributed by atoms with Crippen molar-refractivity contribution in [1.82, 2.24) is 9.80 Å². The van der Waals surface area contributed by atoms with Crippen LogP contribution in [0.5, 0.6) is 0 Å². The van der Waals surface area contributed by atoms with E-state index in [-0.39, 0.29) is 0 Å². The summed E-state index contributed by atoms with van der Waals surface area (Å²) in [4.78, 5) is 8.94. The zero-order valence-electron chi connectivity index (χ0n) is 15.7. The lowest BCUT2D eigenvalue weighted by atomic mass is 10.2. The van der Waals surface area contributed by atoms with Gasteiger partial charge in [-0.05, 0) is 25.0 Å². The van der Waals surface area contributed by atoms with Crippen LogP contribution < -0.4 is 9.80 Å². The van der Waals surface area contributed by atoms with E-state index in [0.29, 0.717) is 10.0 Å². The van der Waals surface area contributed by atoms with Crippen molar-refractivity contribution in [2.75, 3.05) is 36.2 Å². The van der Waals surface area contributed by atoms with Gasteiger partial charge in [-0.1, -0.05) is 49.9 Å². The second kappa shape index (κ2) is 8.92. The van der Waals surface area contributed by atoms with Crippen molar-refractivity contribution in [3.8, 4) is 0 Å². The van der Waals surface area contributed by atoms with Crippen LogP contribution in [0.3, 0.4) is 0 Å². The number of hydrogen-bond donors (Lipinski definition) is 0. The first-order valence-corrected chi connectivity index (χ1v) is 10.3. The molecule has 26 heavy (non-hydrogen) atoms. The summed E-state index contributed by atoms with van der Waals surface area (Å²) < 4.78 is 0. The van der Waals surface area contributed by atoms with Gasteiger partial charge in [0, 0.05) is 37.9 Å². The summed E-state index contributed by atoms with van der Waals surface area (Å²) in [5.41, 5.74) is 1.89. The van der Waals surface area contributed by atoms with E-state index >= 15 is 0 Å². The van der Waals surface area contributed by atoms with Crippen LogP contribution in [0, 0.1) is 0 Å². The third-order valence-corrected chi connectivity index (χ3v) is 5.50. The van der Waals surface area contributed by atoms with E-state index in [4.69, 9.17) is 23.2 Å². The van der Waals surface area contributed by atoms with Crippen LogP contribution in [0.2, 0.25) is 10.0 Å². The largest absolute Gasteiger partial charge is 0.358 e. The van der Waals surface area contributed by atoms with E-state index in [1.165, 1.54) is 25.7 Å². The van der Waals surface area contributed by atoms with Gasteiger partial charge in [-0.15, -0.1) is 0 Å². The van der Waals surface area contributed by atoms with Crippen LogP contribution in [0.25, 0.3) is 0 Å². The quantitative estimate of drug-likeness (QED) is 0.560. The monoisotopic (exact) mass is 394 g/mol. The van der Waals surface area contributed by atoms with Gasteiger partial charge in [0.25, 0.3) is 0 Å². The summed E-state index contributed by atoms with van der Waals surface area (Å²) in [6, 6.07) is 3.96. The zero-order valence-corrected chi connectivity index (χ0v) is 17.2. The number of unbranched alkanes of at least 4 members (excludes halogenated alkanes) is 2. The van der Waals surface area contributed by atoms with Gasteiger partial charge < -0.3 is 19.6 Å². The Morgan fingerprint density at radius 3 is 2.00 bits per heavy atom. The van der Waals surface area contributed by atoms with E-state index in [1.54, 1.807) is 0 Å². The predicted molar refractivity (Wildman–Crippen MR) is 113 cm³/mol. The Hall–Kier alpha value is -1.52. The fourth-order valence-corrected chi connectivity index (χ4v) is 3.96. The van der Waals surface area contributed by atoms with Crippen molar-refractivity contribution in [3.05, 3.63) is 47.0 Å². The number of hydrogen-bond acceptors (Lipinski definition) is 4. The lowest BCUT2D eigenvalue weighted by molar-refractivity contribution is 0.395. The first kappa shape index (κ1) is 19.2. The molecular weight excluding hydrogens is 367 g/mol. The molecular formula is C20H28Cl2N4. The molecule has 0 radical (unpaired) electrons. The second-order valence-corrected chi connectivity index (χ2v) is 7.66. The smallest absolute Gasteiger partial charge is 0.0942 e. The van der Waals surface area contributed by atoms with Crippen molar-refractivity contribution in [3.63, 3.8) is 0 Å². The minimum absolute atomic E-state index is 0.687. The Labute approximate surface area is 167 Å². The fourth-order valence-electron chi connectivity index (χ4n) is 3.26. The lowest BCUT2D eigenvalue weighted by Crippen LogP contribution is -2.27. The molecule has 0 unspecified atom stereocenters. The standard InChI is InChI=1S/C20H28Cl2N4/c1-3-5-9-23-11-13-25(15-23)18-8-7-17(21)20(19(18)22)26-14-12-24(16-26)10-6-4-2/h7-8,11-14H,3-6,9-10,15-16H2,1-2H3. The molecule has 0 bridgehead atoms. The second-order valence-electron chi connectivity index (χ2n) is 6.88. The van der Waals surface area contributed by atoms with E-state index in [1.807, 2.05) is 12.1 Å². The Kier molecular flexibility index (Phi) is 6.60. The highest BCUT2D eigenvalue weighted by Crippen LogP contribution is 2.42. The maximum Gasteiger partial charge on any atom is 0.0942 e. The fraction of sp³-hybridized carbons (Fsp3) is 0.500. The van der Waals surface area contributed by atoms with Crippen molar-refractivity contribution >= 4 is 34.6 Å². The van der Waals surface area contributed by atoms with Gasteiger partial charge in [0.1, 0.15) is 0 Å². The molecule has 2 aliphatic heterocycles. The van der Waals surface area contributed by atoms with E-state index in [9.17, 15) is 0 Å². The maximum absolute atomic E-state index is 6.81. The Morgan fingerprint density at radius 1 is 0.808 bits per heavy atom. The van der Waals surface area contributed by atoms with Gasteiger partial charge in [-0.25, -0.2) is 0 Å². The van der Waals surface area contributed by atoms with Gasteiger partial charge in [-0.3, -0.25) is 0 Å². The minimum Gasteiger partial charge on any atom is -0.358 e. The molecule has 142 valence electrons. The Balaban J connectivity index is 1.74. The SMILES string of the molecule is CCCCN1C=CN(c2ccc(Cl)c(N3C=CN(CCCC)C3)c2Cl)C1. The summed E-state index contributed by atoms with van der Waals surface area (Å²) in [5.74, 6) is 0. The molecule has 2 heterocycles. The molecule has 0 saturated carbocycles. The van der Waals surface area contributed by atoms with Crippen LogP contribution in [0.1, 0.15) is 39.5 Å². The Morgan fingerprint density at radius 2 is 1.38 bits per heavy atom. The average molecular weight is 395 g/mol. The van der Waals surface area contributed by atoms with Crippen LogP contribution in [-0.2, 0) is 0 Å². The van der Waals surface area contributed by atoms with E-state index in [0.717, 1.165) is 37.8 Å². The molecule has 0 N–H and O–H groups in total. The normalized spacial score (nSPS) is 16.5. The minimum atomic E-state index is 0.687. The topological polar surface area (TPSA) is 13.0 Å².